The first kappa shape index (κ1) is 10.9. The molecule has 1 aromatic rings. The fourth-order valence-electron chi connectivity index (χ4n) is 1.24. The average molecular weight is 195 g/mol. The molecule has 0 heterocycles. The van der Waals surface area contributed by atoms with E-state index in [1.807, 2.05) is 24.1 Å². The van der Waals surface area contributed by atoms with E-state index >= 15 is 0 Å². The van der Waals surface area contributed by atoms with Crippen molar-refractivity contribution in [3.05, 3.63) is 35.4 Å². The third kappa shape index (κ3) is 3.26. The molecule has 0 amide bonds. The third-order valence-corrected chi connectivity index (χ3v) is 2.03. The molecular weight excluding hydrogens is 181 g/mol. The van der Waals surface area contributed by atoms with Gasteiger partial charge < -0.3 is 0 Å². The molecule has 1 rings (SSSR count). The molecule has 0 spiro atoms. The lowest BCUT2D eigenvalue weighted by Crippen LogP contribution is -2.20. The van der Waals surface area contributed by atoms with Crippen molar-refractivity contribution in [3.63, 3.8) is 0 Å². The van der Waals surface area contributed by atoms with Crippen LogP contribution in [0.1, 0.15) is 15.9 Å². The Morgan fingerprint density at radius 1 is 1.36 bits per heavy atom. The second kappa shape index (κ2) is 5.50. The van der Waals surface area contributed by atoms with Gasteiger partial charge in [0.05, 0.1) is 0 Å². The molecule has 76 valence electrons. The monoisotopic (exact) mass is 195 g/mol. The van der Waals surface area contributed by atoms with Crippen molar-refractivity contribution in [3.8, 4) is 0 Å². The predicted molar refractivity (Wildman–Crippen MR) is 54.1 cm³/mol. The minimum absolute atomic E-state index is 0.330. The van der Waals surface area contributed by atoms with Crippen molar-refractivity contribution < 1.29 is 9.18 Å². The summed E-state index contributed by atoms with van der Waals surface area (Å²) in [6.45, 7) is 0.821. The van der Waals surface area contributed by atoms with Crippen LogP contribution in [-0.4, -0.2) is 31.5 Å². The summed E-state index contributed by atoms with van der Waals surface area (Å²) in [5.41, 5.74) is 1.76. The molecule has 0 radical (unpaired) electrons. The van der Waals surface area contributed by atoms with Gasteiger partial charge in [0.1, 0.15) is 13.0 Å². The summed E-state index contributed by atoms with van der Waals surface area (Å²) in [5, 5.41) is 0. The number of carbonyl (C=O) groups is 1. The molecule has 0 saturated carbocycles. The minimum Gasteiger partial charge on any atom is -0.300 e. The molecular formula is C11H14FNO. The van der Waals surface area contributed by atoms with Crippen molar-refractivity contribution in [2.75, 3.05) is 20.3 Å². The fourth-order valence-corrected chi connectivity index (χ4v) is 1.24. The van der Waals surface area contributed by atoms with Gasteiger partial charge in [0.2, 0.25) is 0 Å². The number of hydrogen-bond donors (Lipinski definition) is 0. The number of aldehydes is 1. The van der Waals surface area contributed by atoms with Crippen LogP contribution in [0, 0.1) is 0 Å². The fraction of sp³-hybridized carbons (Fsp3) is 0.364. The summed E-state index contributed by atoms with van der Waals surface area (Å²) in [6.07, 6.45) is 0.815. The SMILES string of the molecule is CN(CCF)Cc1ccc(C=O)cc1. The largest absolute Gasteiger partial charge is 0.300 e. The number of carbonyl (C=O) groups excluding carboxylic acids is 1. The average Bonchev–Trinajstić information content (AvgIpc) is 2.19. The summed E-state index contributed by atoms with van der Waals surface area (Å²) in [4.78, 5) is 12.3. The second-order valence-electron chi connectivity index (χ2n) is 3.29. The summed E-state index contributed by atoms with van der Waals surface area (Å²) in [6, 6.07) is 7.31. The highest BCUT2D eigenvalue weighted by Gasteiger charge is 1.99. The van der Waals surface area contributed by atoms with Crippen molar-refractivity contribution >= 4 is 6.29 Å². The predicted octanol–water partition coefficient (Wildman–Crippen LogP) is 1.90. The van der Waals surface area contributed by atoms with E-state index in [1.165, 1.54) is 0 Å². The number of benzene rings is 1. The first-order valence-electron chi connectivity index (χ1n) is 4.55. The Labute approximate surface area is 83.3 Å². The van der Waals surface area contributed by atoms with Crippen molar-refractivity contribution in [1.29, 1.82) is 0 Å². The number of rotatable bonds is 5. The topological polar surface area (TPSA) is 20.3 Å². The van der Waals surface area contributed by atoms with Gasteiger partial charge in [0.25, 0.3) is 0 Å². The van der Waals surface area contributed by atoms with Crippen LogP contribution in [0.4, 0.5) is 4.39 Å². The van der Waals surface area contributed by atoms with E-state index < -0.39 is 0 Å². The minimum atomic E-state index is -0.330. The van der Waals surface area contributed by atoms with Crippen LogP contribution in [0.15, 0.2) is 24.3 Å². The van der Waals surface area contributed by atoms with E-state index in [2.05, 4.69) is 0 Å². The van der Waals surface area contributed by atoms with Crippen molar-refractivity contribution in [2.24, 2.45) is 0 Å². The molecule has 0 aliphatic rings. The van der Waals surface area contributed by atoms with Crippen LogP contribution in [0.2, 0.25) is 0 Å². The van der Waals surface area contributed by atoms with Crippen LogP contribution < -0.4 is 0 Å². The van der Waals surface area contributed by atoms with Crippen LogP contribution in [0.5, 0.6) is 0 Å². The number of alkyl halides is 1. The first-order chi connectivity index (χ1) is 6.76. The standard InChI is InChI=1S/C11H14FNO/c1-13(7-6-12)8-10-2-4-11(9-14)5-3-10/h2-5,9H,6-8H2,1H3. The van der Waals surface area contributed by atoms with Gasteiger partial charge in [-0.25, -0.2) is 4.39 Å². The molecule has 0 saturated heterocycles. The molecule has 0 atom stereocenters. The summed E-state index contributed by atoms with van der Waals surface area (Å²) in [7, 11) is 1.87. The molecule has 0 N–H and O–H groups in total. The molecule has 0 aliphatic carbocycles. The Hall–Kier alpha value is -1.22. The van der Waals surface area contributed by atoms with Crippen LogP contribution in [0.25, 0.3) is 0 Å². The molecule has 0 aromatic heterocycles. The Bertz CT molecular complexity index is 284. The molecule has 3 heteroatoms. The third-order valence-electron chi connectivity index (χ3n) is 2.03. The molecule has 0 unspecified atom stereocenters. The van der Waals surface area contributed by atoms with Gasteiger partial charge in [0, 0.05) is 18.7 Å². The van der Waals surface area contributed by atoms with E-state index in [4.69, 9.17) is 0 Å². The molecule has 0 aliphatic heterocycles. The Morgan fingerprint density at radius 2 is 2.00 bits per heavy atom. The van der Waals surface area contributed by atoms with Gasteiger partial charge in [-0.3, -0.25) is 9.69 Å². The number of halogens is 1. The summed E-state index contributed by atoms with van der Waals surface area (Å²) >= 11 is 0. The molecule has 2 nitrogen and oxygen atoms in total. The van der Waals surface area contributed by atoms with Gasteiger partial charge in [-0.05, 0) is 12.6 Å². The van der Waals surface area contributed by atoms with Crippen molar-refractivity contribution in [1.82, 2.24) is 4.90 Å². The van der Waals surface area contributed by atoms with Crippen LogP contribution in [-0.2, 0) is 6.54 Å². The summed E-state index contributed by atoms with van der Waals surface area (Å²) < 4.78 is 12.0. The highest BCUT2D eigenvalue weighted by molar-refractivity contribution is 5.74. The lowest BCUT2D eigenvalue weighted by Gasteiger charge is -2.14. The smallest absolute Gasteiger partial charge is 0.150 e. The summed E-state index contributed by atoms with van der Waals surface area (Å²) in [5.74, 6) is 0. The van der Waals surface area contributed by atoms with E-state index in [1.54, 1.807) is 12.1 Å². The van der Waals surface area contributed by atoms with E-state index in [0.717, 1.165) is 11.8 Å². The van der Waals surface area contributed by atoms with Gasteiger partial charge in [-0.1, -0.05) is 24.3 Å². The van der Waals surface area contributed by atoms with Gasteiger partial charge in [-0.15, -0.1) is 0 Å². The Kier molecular flexibility index (Phi) is 4.26. The molecule has 0 bridgehead atoms. The van der Waals surface area contributed by atoms with Crippen molar-refractivity contribution in [2.45, 2.75) is 6.54 Å². The zero-order chi connectivity index (χ0) is 10.4. The van der Waals surface area contributed by atoms with E-state index in [-0.39, 0.29) is 6.67 Å². The normalized spacial score (nSPS) is 10.5. The highest BCUT2D eigenvalue weighted by Crippen LogP contribution is 2.05. The quantitative estimate of drug-likeness (QED) is 0.669. The Morgan fingerprint density at radius 3 is 2.50 bits per heavy atom. The highest BCUT2D eigenvalue weighted by atomic mass is 19.1. The zero-order valence-corrected chi connectivity index (χ0v) is 8.24. The zero-order valence-electron chi connectivity index (χ0n) is 8.24. The first-order valence-corrected chi connectivity index (χ1v) is 4.55. The second-order valence-corrected chi connectivity index (χ2v) is 3.29. The van der Waals surface area contributed by atoms with Gasteiger partial charge >= 0.3 is 0 Å². The maximum absolute atomic E-state index is 12.0. The number of nitrogens with zero attached hydrogens (tertiary/aromatic N) is 1. The molecule has 14 heavy (non-hydrogen) atoms. The van der Waals surface area contributed by atoms with E-state index in [9.17, 15) is 9.18 Å². The lowest BCUT2D eigenvalue weighted by atomic mass is 10.1. The van der Waals surface area contributed by atoms with Crippen LogP contribution in [0.3, 0.4) is 0 Å². The van der Waals surface area contributed by atoms with Crippen LogP contribution >= 0.6 is 0 Å². The molecule has 1 aromatic carbocycles. The van der Waals surface area contributed by atoms with Gasteiger partial charge in [0.15, 0.2) is 0 Å². The van der Waals surface area contributed by atoms with Gasteiger partial charge in [-0.2, -0.15) is 0 Å². The maximum Gasteiger partial charge on any atom is 0.150 e. The number of hydrogen-bond acceptors (Lipinski definition) is 2. The Balaban J connectivity index is 2.55. The molecule has 0 fully saturated rings. The lowest BCUT2D eigenvalue weighted by molar-refractivity contribution is 0.112. The van der Waals surface area contributed by atoms with E-state index in [0.29, 0.717) is 18.7 Å². The maximum atomic E-state index is 12.0.